The number of benzene rings is 2. The fourth-order valence-corrected chi connectivity index (χ4v) is 2.54. The number of hydrogen-bond acceptors (Lipinski definition) is 3. The zero-order valence-corrected chi connectivity index (χ0v) is 12.9. The lowest BCUT2D eigenvalue weighted by Gasteiger charge is -2.11. The third-order valence-electron chi connectivity index (χ3n) is 2.93. The van der Waals surface area contributed by atoms with Crippen molar-refractivity contribution in [2.75, 3.05) is 5.32 Å². The number of hydrogen-bond donors (Lipinski definition) is 3. The van der Waals surface area contributed by atoms with Gasteiger partial charge in [0.25, 0.3) is 5.91 Å². The maximum absolute atomic E-state index is 12.3. The lowest BCUT2D eigenvalue weighted by molar-refractivity contribution is 0.102. The molecule has 0 saturated heterocycles. The van der Waals surface area contributed by atoms with E-state index < -0.39 is 0 Å². The van der Waals surface area contributed by atoms with E-state index in [0.29, 0.717) is 21.3 Å². The van der Waals surface area contributed by atoms with Gasteiger partial charge in [-0.1, -0.05) is 23.4 Å². The number of carbonyl (C=O) groups is 1. The molecule has 0 unspecified atom stereocenters. The van der Waals surface area contributed by atoms with Crippen LogP contribution in [0.1, 0.15) is 21.5 Å². The number of aryl methyl sites for hydroxylation is 1. The van der Waals surface area contributed by atoms with Crippen LogP contribution in [-0.2, 0) is 0 Å². The zero-order valence-electron chi connectivity index (χ0n) is 11.3. The first-order valence-electron chi connectivity index (χ1n) is 6.17. The van der Waals surface area contributed by atoms with Crippen LogP contribution in [-0.4, -0.2) is 17.0 Å². The minimum Gasteiger partial charge on any atom is -0.409 e. The monoisotopic (exact) mass is 347 g/mol. The molecule has 0 aliphatic carbocycles. The van der Waals surface area contributed by atoms with Gasteiger partial charge in [0.1, 0.15) is 0 Å². The summed E-state index contributed by atoms with van der Waals surface area (Å²) in [7, 11) is 0. The summed E-state index contributed by atoms with van der Waals surface area (Å²) in [5.41, 5.74) is 8.09. The number of para-hydroxylation sites is 1. The fraction of sp³-hybridized carbons (Fsp3) is 0.0667. The minimum atomic E-state index is -0.278. The Morgan fingerprint density at radius 2 is 1.95 bits per heavy atom. The van der Waals surface area contributed by atoms with Crippen molar-refractivity contribution in [2.24, 2.45) is 10.9 Å². The number of rotatable bonds is 3. The summed E-state index contributed by atoms with van der Waals surface area (Å²) in [5, 5.41) is 14.5. The molecule has 5 nitrogen and oxygen atoms in total. The summed E-state index contributed by atoms with van der Waals surface area (Å²) in [6.45, 7) is 1.94. The Hall–Kier alpha value is -2.34. The van der Waals surface area contributed by atoms with Crippen LogP contribution in [0.4, 0.5) is 5.69 Å². The second-order valence-electron chi connectivity index (χ2n) is 4.47. The van der Waals surface area contributed by atoms with Crippen LogP contribution in [0.15, 0.2) is 52.1 Å². The van der Waals surface area contributed by atoms with E-state index in [0.717, 1.165) is 5.56 Å². The van der Waals surface area contributed by atoms with E-state index in [1.165, 1.54) is 0 Å². The predicted octanol–water partition coefficient (Wildman–Crippen LogP) is 3.10. The third kappa shape index (κ3) is 3.41. The maximum atomic E-state index is 12.3. The SMILES string of the molecule is Cc1ccc(C(=O)Nc2ccccc2/C(N)=N/O)c(Br)c1. The quantitative estimate of drug-likeness (QED) is 0.345. The molecule has 2 aromatic carbocycles. The molecule has 4 N–H and O–H groups in total. The lowest BCUT2D eigenvalue weighted by atomic mass is 10.1. The Bertz CT molecular complexity index is 714. The Morgan fingerprint density at radius 3 is 2.62 bits per heavy atom. The molecule has 0 heterocycles. The van der Waals surface area contributed by atoms with E-state index in [4.69, 9.17) is 10.9 Å². The van der Waals surface area contributed by atoms with Crippen LogP contribution >= 0.6 is 15.9 Å². The molecule has 0 radical (unpaired) electrons. The highest BCUT2D eigenvalue weighted by molar-refractivity contribution is 9.10. The van der Waals surface area contributed by atoms with Gasteiger partial charge in [-0.15, -0.1) is 0 Å². The summed E-state index contributed by atoms with van der Waals surface area (Å²) in [6.07, 6.45) is 0. The average molecular weight is 348 g/mol. The van der Waals surface area contributed by atoms with Gasteiger partial charge in [0.15, 0.2) is 5.84 Å². The van der Waals surface area contributed by atoms with Crippen molar-refractivity contribution in [3.05, 3.63) is 63.6 Å². The Kier molecular flexibility index (Phi) is 4.59. The van der Waals surface area contributed by atoms with Gasteiger partial charge in [0.2, 0.25) is 0 Å². The van der Waals surface area contributed by atoms with Gasteiger partial charge in [-0.25, -0.2) is 0 Å². The van der Waals surface area contributed by atoms with Crippen molar-refractivity contribution in [1.29, 1.82) is 0 Å². The number of amides is 1. The van der Waals surface area contributed by atoms with Crippen molar-refractivity contribution < 1.29 is 10.0 Å². The van der Waals surface area contributed by atoms with Crippen LogP contribution in [0.2, 0.25) is 0 Å². The lowest BCUT2D eigenvalue weighted by Crippen LogP contribution is -2.19. The smallest absolute Gasteiger partial charge is 0.256 e. The Labute approximate surface area is 130 Å². The number of oxime groups is 1. The second kappa shape index (κ2) is 6.41. The Balaban J connectivity index is 2.32. The van der Waals surface area contributed by atoms with Crippen LogP contribution in [0.3, 0.4) is 0 Å². The largest absolute Gasteiger partial charge is 0.409 e. The van der Waals surface area contributed by atoms with E-state index in [9.17, 15) is 4.79 Å². The Morgan fingerprint density at radius 1 is 1.24 bits per heavy atom. The highest BCUT2D eigenvalue weighted by atomic mass is 79.9. The molecular formula is C15H14BrN3O2. The van der Waals surface area contributed by atoms with Crippen LogP contribution < -0.4 is 11.1 Å². The van der Waals surface area contributed by atoms with Gasteiger partial charge in [0.05, 0.1) is 11.3 Å². The zero-order chi connectivity index (χ0) is 15.4. The molecule has 0 saturated carbocycles. The fourth-order valence-electron chi connectivity index (χ4n) is 1.86. The topological polar surface area (TPSA) is 87.7 Å². The summed E-state index contributed by atoms with van der Waals surface area (Å²) in [4.78, 5) is 12.3. The maximum Gasteiger partial charge on any atom is 0.256 e. The molecular weight excluding hydrogens is 334 g/mol. The number of carbonyl (C=O) groups excluding carboxylic acids is 1. The van der Waals surface area contributed by atoms with Crippen LogP contribution in [0.5, 0.6) is 0 Å². The second-order valence-corrected chi connectivity index (χ2v) is 5.32. The van der Waals surface area contributed by atoms with Crippen LogP contribution in [0.25, 0.3) is 0 Å². The molecule has 0 aromatic heterocycles. The molecule has 0 fully saturated rings. The number of amidine groups is 1. The molecule has 0 aliphatic heterocycles. The molecule has 2 aromatic rings. The molecule has 21 heavy (non-hydrogen) atoms. The minimum absolute atomic E-state index is 0.0612. The molecule has 0 aliphatic rings. The average Bonchev–Trinajstić information content (AvgIpc) is 2.46. The van der Waals surface area contributed by atoms with E-state index in [2.05, 4.69) is 26.4 Å². The van der Waals surface area contributed by atoms with E-state index in [1.54, 1.807) is 30.3 Å². The van der Waals surface area contributed by atoms with Crippen LogP contribution in [0, 0.1) is 6.92 Å². The predicted molar refractivity (Wildman–Crippen MR) is 85.8 cm³/mol. The van der Waals surface area contributed by atoms with E-state index in [-0.39, 0.29) is 11.7 Å². The molecule has 0 bridgehead atoms. The summed E-state index contributed by atoms with van der Waals surface area (Å²) >= 11 is 3.37. The first-order chi connectivity index (χ1) is 10.0. The number of nitrogens with zero attached hydrogens (tertiary/aromatic N) is 1. The van der Waals surface area contributed by atoms with Crippen molar-refractivity contribution in [1.82, 2.24) is 0 Å². The summed E-state index contributed by atoms with van der Waals surface area (Å²) < 4.78 is 0.710. The summed E-state index contributed by atoms with van der Waals surface area (Å²) in [5.74, 6) is -0.339. The summed E-state index contributed by atoms with van der Waals surface area (Å²) in [6, 6.07) is 12.3. The molecule has 108 valence electrons. The van der Waals surface area contributed by atoms with E-state index in [1.807, 2.05) is 19.1 Å². The molecule has 0 atom stereocenters. The number of nitrogens with two attached hydrogens (primary N) is 1. The first-order valence-corrected chi connectivity index (χ1v) is 6.96. The standard InChI is InChI=1S/C15H14BrN3O2/c1-9-6-7-10(12(16)8-9)15(20)18-13-5-3-2-4-11(13)14(17)19-21/h2-8,21H,1H3,(H2,17,19)(H,18,20). The number of nitrogens with one attached hydrogen (secondary N) is 1. The molecule has 2 rings (SSSR count). The van der Waals surface area contributed by atoms with Crippen molar-refractivity contribution in [3.8, 4) is 0 Å². The highest BCUT2D eigenvalue weighted by Gasteiger charge is 2.13. The van der Waals surface area contributed by atoms with Crippen molar-refractivity contribution in [3.63, 3.8) is 0 Å². The van der Waals surface area contributed by atoms with E-state index >= 15 is 0 Å². The van der Waals surface area contributed by atoms with Crippen molar-refractivity contribution in [2.45, 2.75) is 6.92 Å². The van der Waals surface area contributed by atoms with Gasteiger partial charge < -0.3 is 16.3 Å². The third-order valence-corrected chi connectivity index (χ3v) is 3.58. The van der Waals surface area contributed by atoms with Gasteiger partial charge in [-0.05, 0) is 52.7 Å². The number of anilines is 1. The highest BCUT2D eigenvalue weighted by Crippen LogP contribution is 2.21. The first kappa shape index (κ1) is 15.1. The van der Waals surface area contributed by atoms with Gasteiger partial charge in [-0.3, -0.25) is 4.79 Å². The number of halogens is 1. The van der Waals surface area contributed by atoms with Crippen molar-refractivity contribution >= 4 is 33.4 Å². The van der Waals surface area contributed by atoms with Gasteiger partial charge >= 0.3 is 0 Å². The van der Waals surface area contributed by atoms with Gasteiger partial charge in [0, 0.05) is 10.0 Å². The normalized spacial score (nSPS) is 11.2. The molecule has 1 amide bonds. The molecule has 6 heteroatoms. The molecule has 0 spiro atoms. The van der Waals surface area contributed by atoms with Gasteiger partial charge in [-0.2, -0.15) is 0 Å².